The minimum atomic E-state index is -0.418. The lowest BCUT2D eigenvalue weighted by molar-refractivity contribution is 0.203. The molecule has 1 N–H and O–H groups in total. The Labute approximate surface area is 115 Å². The van der Waals surface area contributed by atoms with Crippen LogP contribution in [0, 0.1) is 0 Å². The predicted octanol–water partition coefficient (Wildman–Crippen LogP) is 3.43. The fraction of sp³-hybridized carbons (Fsp3) is 0.462. The van der Waals surface area contributed by atoms with Gasteiger partial charge in [0, 0.05) is 17.1 Å². The van der Waals surface area contributed by atoms with Crippen molar-refractivity contribution in [2.24, 2.45) is 0 Å². The summed E-state index contributed by atoms with van der Waals surface area (Å²) >= 11 is 3.40. The van der Waals surface area contributed by atoms with E-state index in [9.17, 15) is 5.11 Å². The first-order valence-electron chi connectivity index (χ1n) is 6.17. The van der Waals surface area contributed by atoms with Gasteiger partial charge in [-0.25, -0.2) is 4.98 Å². The van der Waals surface area contributed by atoms with Crippen LogP contribution in [0.2, 0.25) is 0 Å². The van der Waals surface area contributed by atoms with Gasteiger partial charge in [0.05, 0.1) is 17.5 Å². The van der Waals surface area contributed by atoms with Crippen LogP contribution in [0.5, 0.6) is 0 Å². The molecular formula is C13H16N2OS2. The summed E-state index contributed by atoms with van der Waals surface area (Å²) in [6, 6.07) is 4.90. The molecule has 0 aromatic carbocycles. The highest BCUT2D eigenvalue weighted by atomic mass is 32.1. The van der Waals surface area contributed by atoms with E-state index in [0.717, 1.165) is 16.6 Å². The standard InChI is InChI=1S/C13H16N2OS2/c1-9(16)12-7-14-13(18-12)15(10-4-5-10)8-11-3-2-6-17-11/h2-3,6-7,9-10,16H,4-5,8H2,1H3. The van der Waals surface area contributed by atoms with Crippen LogP contribution in [-0.4, -0.2) is 16.1 Å². The highest BCUT2D eigenvalue weighted by molar-refractivity contribution is 7.15. The van der Waals surface area contributed by atoms with E-state index >= 15 is 0 Å². The number of aliphatic hydroxyl groups excluding tert-OH is 1. The number of aliphatic hydroxyl groups is 1. The van der Waals surface area contributed by atoms with Gasteiger partial charge in [-0.05, 0) is 31.2 Å². The molecule has 1 saturated carbocycles. The first-order valence-corrected chi connectivity index (χ1v) is 7.86. The van der Waals surface area contributed by atoms with E-state index in [1.807, 2.05) is 0 Å². The summed E-state index contributed by atoms with van der Waals surface area (Å²) in [6.45, 7) is 2.73. The summed E-state index contributed by atoms with van der Waals surface area (Å²) in [4.78, 5) is 9.16. The lowest BCUT2D eigenvalue weighted by atomic mass is 10.4. The Hall–Kier alpha value is -0.910. The van der Waals surface area contributed by atoms with Crippen LogP contribution in [0.25, 0.3) is 0 Å². The number of aromatic nitrogens is 1. The third-order valence-corrected chi connectivity index (χ3v) is 5.13. The van der Waals surface area contributed by atoms with Gasteiger partial charge >= 0.3 is 0 Å². The molecule has 0 radical (unpaired) electrons. The van der Waals surface area contributed by atoms with Crippen molar-refractivity contribution >= 4 is 27.8 Å². The monoisotopic (exact) mass is 280 g/mol. The van der Waals surface area contributed by atoms with E-state index in [4.69, 9.17) is 0 Å². The fourth-order valence-corrected chi connectivity index (χ4v) is 3.54. The molecule has 0 spiro atoms. The Morgan fingerprint density at radius 3 is 2.94 bits per heavy atom. The van der Waals surface area contributed by atoms with Crippen LogP contribution in [0.3, 0.4) is 0 Å². The van der Waals surface area contributed by atoms with E-state index < -0.39 is 6.10 Å². The first kappa shape index (κ1) is 12.1. The Balaban J connectivity index is 1.80. The van der Waals surface area contributed by atoms with Crippen molar-refractivity contribution in [3.05, 3.63) is 33.5 Å². The van der Waals surface area contributed by atoms with Crippen LogP contribution in [0.4, 0.5) is 5.13 Å². The number of hydrogen-bond donors (Lipinski definition) is 1. The Bertz CT molecular complexity index is 503. The summed E-state index contributed by atoms with van der Waals surface area (Å²) in [7, 11) is 0. The second-order valence-electron chi connectivity index (χ2n) is 4.66. The number of nitrogens with zero attached hydrogens (tertiary/aromatic N) is 2. The van der Waals surface area contributed by atoms with Gasteiger partial charge in [-0.1, -0.05) is 17.4 Å². The molecule has 3 nitrogen and oxygen atoms in total. The van der Waals surface area contributed by atoms with Gasteiger partial charge < -0.3 is 10.0 Å². The first-order chi connectivity index (χ1) is 8.74. The Morgan fingerprint density at radius 1 is 1.56 bits per heavy atom. The van der Waals surface area contributed by atoms with E-state index in [0.29, 0.717) is 6.04 Å². The van der Waals surface area contributed by atoms with Gasteiger partial charge in [0.15, 0.2) is 5.13 Å². The molecule has 0 aliphatic heterocycles. The van der Waals surface area contributed by atoms with E-state index in [1.165, 1.54) is 17.7 Å². The van der Waals surface area contributed by atoms with Crippen molar-refractivity contribution in [2.45, 2.75) is 38.5 Å². The minimum absolute atomic E-state index is 0.418. The number of thiazole rings is 1. The van der Waals surface area contributed by atoms with Crippen LogP contribution in [0.15, 0.2) is 23.7 Å². The van der Waals surface area contributed by atoms with Crippen molar-refractivity contribution < 1.29 is 5.11 Å². The average molecular weight is 280 g/mol. The smallest absolute Gasteiger partial charge is 0.186 e. The molecule has 1 aliphatic rings. The molecule has 2 heterocycles. The van der Waals surface area contributed by atoms with E-state index in [1.54, 1.807) is 35.8 Å². The molecule has 1 atom stereocenters. The highest BCUT2D eigenvalue weighted by Crippen LogP contribution is 2.36. The van der Waals surface area contributed by atoms with Crippen molar-refractivity contribution in [2.75, 3.05) is 4.90 Å². The molecule has 3 rings (SSSR count). The van der Waals surface area contributed by atoms with Gasteiger partial charge in [-0.15, -0.1) is 11.3 Å². The lowest BCUT2D eigenvalue weighted by Crippen LogP contribution is -2.24. The molecule has 5 heteroatoms. The Kier molecular flexibility index (Phi) is 3.37. The maximum absolute atomic E-state index is 9.58. The largest absolute Gasteiger partial charge is 0.388 e. The topological polar surface area (TPSA) is 36.4 Å². The Morgan fingerprint density at radius 2 is 2.39 bits per heavy atom. The maximum atomic E-state index is 9.58. The van der Waals surface area contributed by atoms with Crippen LogP contribution in [0.1, 0.15) is 35.6 Å². The third-order valence-electron chi connectivity index (χ3n) is 3.06. The van der Waals surface area contributed by atoms with Crippen molar-refractivity contribution in [1.82, 2.24) is 4.98 Å². The van der Waals surface area contributed by atoms with Crippen LogP contribution >= 0.6 is 22.7 Å². The minimum Gasteiger partial charge on any atom is -0.388 e. The zero-order chi connectivity index (χ0) is 12.5. The number of anilines is 1. The van der Waals surface area contributed by atoms with Crippen molar-refractivity contribution in [1.29, 1.82) is 0 Å². The van der Waals surface area contributed by atoms with Crippen molar-refractivity contribution in [3.63, 3.8) is 0 Å². The molecule has 0 amide bonds. The molecule has 2 aromatic rings. The average Bonchev–Trinajstić information content (AvgIpc) is 2.88. The van der Waals surface area contributed by atoms with Gasteiger partial charge in [0.25, 0.3) is 0 Å². The number of thiophene rings is 1. The predicted molar refractivity (Wildman–Crippen MR) is 76.3 cm³/mol. The summed E-state index contributed by atoms with van der Waals surface area (Å²) in [5.74, 6) is 0. The number of hydrogen-bond acceptors (Lipinski definition) is 5. The highest BCUT2D eigenvalue weighted by Gasteiger charge is 2.31. The van der Waals surface area contributed by atoms with E-state index in [2.05, 4.69) is 27.4 Å². The molecular weight excluding hydrogens is 264 g/mol. The molecule has 18 heavy (non-hydrogen) atoms. The molecule has 2 aromatic heterocycles. The van der Waals surface area contributed by atoms with E-state index in [-0.39, 0.29) is 0 Å². The zero-order valence-electron chi connectivity index (χ0n) is 10.2. The zero-order valence-corrected chi connectivity index (χ0v) is 11.9. The third kappa shape index (κ3) is 2.58. The van der Waals surface area contributed by atoms with Gasteiger partial charge in [-0.2, -0.15) is 0 Å². The summed E-state index contributed by atoms with van der Waals surface area (Å²) in [6.07, 6.45) is 3.90. The molecule has 0 saturated heterocycles. The number of rotatable bonds is 5. The summed E-state index contributed by atoms with van der Waals surface area (Å²) in [5.41, 5.74) is 0. The SMILES string of the molecule is CC(O)c1cnc(N(Cc2cccs2)C2CC2)s1. The van der Waals surface area contributed by atoms with Gasteiger partial charge in [0.2, 0.25) is 0 Å². The van der Waals surface area contributed by atoms with Crippen LogP contribution < -0.4 is 4.90 Å². The molecule has 1 unspecified atom stereocenters. The molecule has 0 bridgehead atoms. The van der Waals surface area contributed by atoms with Crippen LogP contribution in [-0.2, 0) is 6.54 Å². The normalized spacial score (nSPS) is 16.8. The summed E-state index contributed by atoms with van der Waals surface area (Å²) < 4.78 is 0. The second kappa shape index (κ2) is 4.99. The van der Waals surface area contributed by atoms with Gasteiger partial charge in [0.1, 0.15) is 0 Å². The second-order valence-corrected chi connectivity index (χ2v) is 6.73. The van der Waals surface area contributed by atoms with Crippen molar-refractivity contribution in [3.8, 4) is 0 Å². The van der Waals surface area contributed by atoms with Gasteiger partial charge in [-0.3, -0.25) is 0 Å². The molecule has 1 fully saturated rings. The summed E-state index contributed by atoms with van der Waals surface area (Å²) in [5, 5.41) is 12.7. The quantitative estimate of drug-likeness (QED) is 0.911. The fourth-order valence-electron chi connectivity index (χ4n) is 1.91. The molecule has 1 aliphatic carbocycles. The maximum Gasteiger partial charge on any atom is 0.186 e. The lowest BCUT2D eigenvalue weighted by Gasteiger charge is -2.20. The molecule has 96 valence electrons.